The smallest absolute Gasteiger partial charge is 0.261 e. The summed E-state index contributed by atoms with van der Waals surface area (Å²) < 4.78 is 28.7. The van der Waals surface area contributed by atoms with Gasteiger partial charge in [0.25, 0.3) is 15.9 Å². The summed E-state index contributed by atoms with van der Waals surface area (Å²) in [6.07, 6.45) is 4.99. The monoisotopic (exact) mass is 479 g/mol. The third kappa shape index (κ3) is 6.04. The fraction of sp³-hybridized carbons (Fsp3) is 0.381. The van der Waals surface area contributed by atoms with Crippen LogP contribution >= 0.6 is 15.9 Å². The lowest BCUT2D eigenvalue weighted by Gasteiger charge is -2.23. The van der Waals surface area contributed by atoms with E-state index in [-0.39, 0.29) is 10.8 Å². The molecular weight excluding hydrogens is 454 g/mol. The number of likely N-dealkylation sites (N-methyl/N-ethyl adjacent to an activating group) is 1. The van der Waals surface area contributed by atoms with Crippen LogP contribution in [-0.4, -0.2) is 45.4 Å². The molecule has 2 aromatic rings. The van der Waals surface area contributed by atoms with Crippen LogP contribution in [-0.2, 0) is 10.0 Å². The van der Waals surface area contributed by atoms with Gasteiger partial charge in [-0.25, -0.2) is 8.42 Å². The largest absolute Gasteiger partial charge is 0.351 e. The van der Waals surface area contributed by atoms with Gasteiger partial charge in [-0.05, 0) is 62.4 Å². The second-order valence-corrected chi connectivity index (χ2v) is 9.91. The number of carbonyl (C=O) groups excluding carboxylic acids is 1. The maximum absolute atomic E-state index is 12.7. The molecule has 0 saturated heterocycles. The van der Waals surface area contributed by atoms with E-state index in [2.05, 4.69) is 37.9 Å². The average Bonchev–Trinajstić information content (AvgIpc) is 3.24. The van der Waals surface area contributed by atoms with Crippen molar-refractivity contribution in [2.45, 2.75) is 36.6 Å². The van der Waals surface area contributed by atoms with Gasteiger partial charge < -0.3 is 10.2 Å². The lowest BCUT2D eigenvalue weighted by molar-refractivity contribution is 0.0947. The highest BCUT2D eigenvalue weighted by atomic mass is 79.9. The van der Waals surface area contributed by atoms with E-state index in [4.69, 9.17) is 0 Å². The van der Waals surface area contributed by atoms with Crippen molar-refractivity contribution in [1.82, 2.24) is 10.2 Å². The number of hydrogen-bond donors (Lipinski definition) is 2. The van der Waals surface area contributed by atoms with Crippen LogP contribution in [0.5, 0.6) is 0 Å². The van der Waals surface area contributed by atoms with Crippen LogP contribution in [0.15, 0.2) is 57.9 Å². The summed E-state index contributed by atoms with van der Waals surface area (Å²) in [6, 6.07) is 13.5. The molecule has 0 aromatic heterocycles. The van der Waals surface area contributed by atoms with Gasteiger partial charge in [-0.1, -0.05) is 34.8 Å². The van der Waals surface area contributed by atoms with Gasteiger partial charge in [0.15, 0.2) is 0 Å². The minimum absolute atomic E-state index is 0.0520. The molecule has 0 aliphatic heterocycles. The second kappa shape index (κ2) is 9.73. The number of rotatable bonds is 8. The Balaban J connectivity index is 1.60. The third-order valence-corrected chi connectivity index (χ3v) is 7.11. The zero-order valence-corrected chi connectivity index (χ0v) is 18.8. The Bertz CT molecular complexity index is 942. The average molecular weight is 480 g/mol. The van der Waals surface area contributed by atoms with E-state index in [1.165, 1.54) is 37.8 Å². The normalized spacial score (nSPS) is 14.9. The van der Waals surface area contributed by atoms with E-state index < -0.39 is 10.0 Å². The predicted octanol–water partition coefficient (Wildman–Crippen LogP) is 3.85. The number of nitrogens with zero attached hydrogens (tertiary/aromatic N) is 1. The molecule has 1 saturated carbocycles. The van der Waals surface area contributed by atoms with Gasteiger partial charge in [-0.3, -0.25) is 9.52 Å². The first kappa shape index (κ1) is 21.8. The quantitative estimate of drug-likeness (QED) is 0.602. The van der Waals surface area contributed by atoms with Crippen molar-refractivity contribution in [2.24, 2.45) is 0 Å². The lowest BCUT2D eigenvalue weighted by Crippen LogP contribution is -2.37. The van der Waals surface area contributed by atoms with Crippen molar-refractivity contribution in [1.29, 1.82) is 0 Å². The van der Waals surface area contributed by atoms with Gasteiger partial charge in [0.1, 0.15) is 0 Å². The van der Waals surface area contributed by atoms with Gasteiger partial charge in [0.05, 0.1) is 4.90 Å². The van der Waals surface area contributed by atoms with E-state index in [1.54, 1.807) is 36.4 Å². The molecule has 2 N–H and O–H groups in total. The van der Waals surface area contributed by atoms with Crippen molar-refractivity contribution in [2.75, 3.05) is 24.9 Å². The number of sulfonamides is 1. The Hall–Kier alpha value is -1.90. The number of benzene rings is 2. The van der Waals surface area contributed by atoms with Crippen LogP contribution in [0.2, 0.25) is 0 Å². The molecule has 6 nitrogen and oxygen atoms in total. The number of halogens is 1. The number of nitrogens with one attached hydrogen (secondary N) is 2. The van der Waals surface area contributed by atoms with E-state index in [1.807, 2.05) is 0 Å². The Labute approximate surface area is 180 Å². The van der Waals surface area contributed by atoms with Gasteiger partial charge in [-0.15, -0.1) is 0 Å². The summed E-state index contributed by atoms with van der Waals surface area (Å²) in [6.45, 7) is 1.31. The highest BCUT2D eigenvalue weighted by molar-refractivity contribution is 9.10. The minimum Gasteiger partial charge on any atom is -0.351 e. The van der Waals surface area contributed by atoms with E-state index in [0.29, 0.717) is 23.8 Å². The molecule has 8 heteroatoms. The summed E-state index contributed by atoms with van der Waals surface area (Å²) >= 11 is 3.32. The maximum atomic E-state index is 12.7. The summed E-state index contributed by atoms with van der Waals surface area (Å²) in [7, 11) is -1.69. The number of carbonyl (C=O) groups is 1. The van der Waals surface area contributed by atoms with Crippen molar-refractivity contribution in [3.05, 3.63) is 58.6 Å². The molecule has 1 aliphatic carbocycles. The second-order valence-electron chi connectivity index (χ2n) is 7.32. The third-order valence-electron chi connectivity index (χ3n) is 5.20. The first-order chi connectivity index (χ1) is 13.8. The Kier molecular flexibility index (Phi) is 7.32. The Morgan fingerprint density at radius 2 is 1.83 bits per heavy atom. The SMILES string of the molecule is CN(CCNC(=O)c1cccc(S(=O)(=O)Nc2ccc(Br)cc2)c1)C1CCCC1. The highest BCUT2D eigenvalue weighted by Crippen LogP contribution is 2.22. The van der Waals surface area contributed by atoms with Gasteiger partial charge in [0.2, 0.25) is 0 Å². The zero-order chi connectivity index (χ0) is 20.9. The molecule has 2 aromatic carbocycles. The number of amides is 1. The molecule has 1 fully saturated rings. The summed E-state index contributed by atoms with van der Waals surface area (Å²) in [5.41, 5.74) is 0.783. The number of hydrogen-bond acceptors (Lipinski definition) is 4. The summed E-state index contributed by atoms with van der Waals surface area (Å²) in [5.74, 6) is -0.273. The standard InChI is InChI=1S/C21H26BrN3O3S/c1-25(19-6-2-3-7-19)14-13-23-21(26)16-5-4-8-20(15-16)29(27,28)24-18-11-9-17(22)10-12-18/h4-5,8-12,15,19,24H,2-3,6-7,13-14H2,1H3,(H,23,26). The minimum atomic E-state index is -3.78. The van der Waals surface area contributed by atoms with Crippen LogP contribution in [0.4, 0.5) is 5.69 Å². The van der Waals surface area contributed by atoms with Crippen LogP contribution in [0, 0.1) is 0 Å². The molecule has 3 rings (SSSR count). The number of anilines is 1. The van der Waals surface area contributed by atoms with Crippen LogP contribution in [0.3, 0.4) is 0 Å². The molecule has 0 radical (unpaired) electrons. The molecule has 156 valence electrons. The predicted molar refractivity (Wildman–Crippen MR) is 119 cm³/mol. The summed E-state index contributed by atoms with van der Waals surface area (Å²) in [4.78, 5) is 14.8. The van der Waals surface area contributed by atoms with Gasteiger partial charge in [-0.2, -0.15) is 0 Å². The van der Waals surface area contributed by atoms with E-state index in [9.17, 15) is 13.2 Å². The molecule has 0 bridgehead atoms. The molecule has 0 atom stereocenters. The first-order valence-corrected chi connectivity index (χ1v) is 12.0. The fourth-order valence-electron chi connectivity index (χ4n) is 3.51. The molecule has 0 heterocycles. The van der Waals surface area contributed by atoms with Crippen molar-refractivity contribution < 1.29 is 13.2 Å². The van der Waals surface area contributed by atoms with Crippen LogP contribution in [0.1, 0.15) is 36.0 Å². The zero-order valence-electron chi connectivity index (χ0n) is 16.4. The lowest BCUT2D eigenvalue weighted by atomic mass is 10.2. The van der Waals surface area contributed by atoms with E-state index >= 15 is 0 Å². The molecular formula is C21H26BrN3O3S. The maximum Gasteiger partial charge on any atom is 0.261 e. The van der Waals surface area contributed by atoms with Crippen molar-refractivity contribution >= 4 is 37.5 Å². The van der Waals surface area contributed by atoms with Gasteiger partial charge >= 0.3 is 0 Å². The molecule has 29 heavy (non-hydrogen) atoms. The van der Waals surface area contributed by atoms with Crippen molar-refractivity contribution in [3.63, 3.8) is 0 Å². The molecule has 0 spiro atoms. The molecule has 0 unspecified atom stereocenters. The Morgan fingerprint density at radius 1 is 1.14 bits per heavy atom. The van der Waals surface area contributed by atoms with Crippen LogP contribution in [0.25, 0.3) is 0 Å². The molecule has 1 aliphatic rings. The molecule has 1 amide bonds. The van der Waals surface area contributed by atoms with Crippen molar-refractivity contribution in [3.8, 4) is 0 Å². The van der Waals surface area contributed by atoms with E-state index in [0.717, 1.165) is 11.0 Å². The Morgan fingerprint density at radius 3 is 2.52 bits per heavy atom. The van der Waals surface area contributed by atoms with Crippen LogP contribution < -0.4 is 10.0 Å². The van der Waals surface area contributed by atoms with Gasteiger partial charge in [0, 0.05) is 34.9 Å². The summed E-state index contributed by atoms with van der Waals surface area (Å²) in [5, 5.41) is 2.89. The first-order valence-electron chi connectivity index (χ1n) is 9.72. The highest BCUT2D eigenvalue weighted by Gasteiger charge is 2.20. The topological polar surface area (TPSA) is 78.5 Å². The fourth-order valence-corrected chi connectivity index (χ4v) is 4.88.